The molecule has 2 atom stereocenters. The van der Waals surface area contributed by atoms with Crippen molar-refractivity contribution in [1.82, 2.24) is 5.32 Å². The first kappa shape index (κ1) is 11.8. The molecule has 1 aliphatic carbocycles. The lowest BCUT2D eigenvalue weighted by Gasteiger charge is -2.11. The maximum atomic E-state index is 11.6. The summed E-state index contributed by atoms with van der Waals surface area (Å²) in [6.45, 7) is 7.15. The molecule has 0 spiro atoms. The Hall–Kier alpha value is -0.240. The highest BCUT2D eigenvalue weighted by molar-refractivity contribution is 6.17. The van der Waals surface area contributed by atoms with E-state index in [1.54, 1.807) is 0 Å². The number of rotatable bonds is 5. The number of nitrogens with one attached hydrogen (secondary N) is 1. The Morgan fingerprint density at radius 1 is 1.64 bits per heavy atom. The fourth-order valence-corrected chi connectivity index (χ4v) is 1.97. The first-order chi connectivity index (χ1) is 6.47. The van der Waals surface area contributed by atoms with Gasteiger partial charge in [0, 0.05) is 18.3 Å². The summed E-state index contributed by atoms with van der Waals surface area (Å²) in [7, 11) is 0. The zero-order valence-corrected chi connectivity index (χ0v) is 10.0. The Balaban J connectivity index is 2.16. The molecule has 2 unspecified atom stereocenters. The fourth-order valence-electron chi connectivity index (χ4n) is 1.60. The van der Waals surface area contributed by atoms with Crippen LogP contribution in [0, 0.1) is 17.3 Å². The molecule has 1 fully saturated rings. The molecule has 0 radical (unpaired) electrons. The van der Waals surface area contributed by atoms with Crippen LogP contribution < -0.4 is 5.32 Å². The van der Waals surface area contributed by atoms with Gasteiger partial charge in [-0.15, -0.1) is 11.6 Å². The Bertz CT molecular complexity index is 215. The van der Waals surface area contributed by atoms with Gasteiger partial charge >= 0.3 is 0 Å². The molecule has 14 heavy (non-hydrogen) atoms. The van der Waals surface area contributed by atoms with E-state index < -0.39 is 0 Å². The molecule has 0 saturated heterocycles. The average Bonchev–Trinajstić information content (AvgIpc) is 2.72. The van der Waals surface area contributed by atoms with Crippen LogP contribution in [0.1, 0.15) is 33.6 Å². The van der Waals surface area contributed by atoms with E-state index >= 15 is 0 Å². The molecule has 0 aromatic heterocycles. The van der Waals surface area contributed by atoms with E-state index in [1.165, 1.54) is 0 Å². The van der Waals surface area contributed by atoms with Crippen LogP contribution in [0.5, 0.6) is 0 Å². The second-order valence-electron chi connectivity index (χ2n) is 5.07. The van der Waals surface area contributed by atoms with Gasteiger partial charge in [-0.3, -0.25) is 4.79 Å². The third-order valence-electron chi connectivity index (χ3n) is 3.06. The maximum Gasteiger partial charge on any atom is 0.223 e. The predicted octanol–water partition coefficient (Wildman–Crippen LogP) is 2.41. The number of hydrogen-bond acceptors (Lipinski definition) is 1. The number of hydrogen-bond donors (Lipinski definition) is 1. The van der Waals surface area contributed by atoms with E-state index in [1.807, 2.05) is 0 Å². The van der Waals surface area contributed by atoms with E-state index in [0.29, 0.717) is 11.8 Å². The molecule has 0 heterocycles. The SMILES string of the molecule is CC(CCCl)CNC(=O)C1CC1(C)C. The number of halogens is 1. The van der Waals surface area contributed by atoms with Crippen LogP contribution >= 0.6 is 11.6 Å². The lowest BCUT2D eigenvalue weighted by Crippen LogP contribution is -2.30. The van der Waals surface area contributed by atoms with Crippen molar-refractivity contribution in [2.24, 2.45) is 17.3 Å². The summed E-state index contributed by atoms with van der Waals surface area (Å²) in [6.07, 6.45) is 2.00. The molecular formula is C11H20ClNO. The van der Waals surface area contributed by atoms with E-state index in [0.717, 1.165) is 19.4 Å². The summed E-state index contributed by atoms with van der Waals surface area (Å²) < 4.78 is 0. The third-order valence-corrected chi connectivity index (χ3v) is 3.27. The van der Waals surface area contributed by atoms with Gasteiger partial charge in [-0.05, 0) is 24.2 Å². The van der Waals surface area contributed by atoms with Gasteiger partial charge in [-0.1, -0.05) is 20.8 Å². The summed E-state index contributed by atoms with van der Waals surface area (Å²) in [6, 6.07) is 0. The molecule has 82 valence electrons. The smallest absolute Gasteiger partial charge is 0.223 e. The minimum absolute atomic E-state index is 0.219. The van der Waals surface area contributed by atoms with Gasteiger partial charge in [-0.25, -0.2) is 0 Å². The predicted molar refractivity (Wildman–Crippen MR) is 59.4 cm³/mol. The molecule has 0 bridgehead atoms. The van der Waals surface area contributed by atoms with Crippen molar-refractivity contribution < 1.29 is 4.79 Å². The Kier molecular flexibility index (Phi) is 3.82. The molecule has 1 aliphatic rings. The highest BCUT2D eigenvalue weighted by Gasteiger charge is 2.50. The fraction of sp³-hybridized carbons (Fsp3) is 0.909. The summed E-state index contributed by atoms with van der Waals surface area (Å²) in [5, 5.41) is 2.99. The molecule has 0 aromatic carbocycles. The third kappa shape index (κ3) is 3.16. The topological polar surface area (TPSA) is 29.1 Å². The summed E-state index contributed by atoms with van der Waals surface area (Å²) in [5.74, 6) is 1.62. The van der Waals surface area contributed by atoms with Crippen molar-refractivity contribution in [1.29, 1.82) is 0 Å². The second-order valence-corrected chi connectivity index (χ2v) is 5.45. The Morgan fingerprint density at radius 3 is 2.64 bits per heavy atom. The van der Waals surface area contributed by atoms with Crippen molar-refractivity contribution in [2.75, 3.05) is 12.4 Å². The number of amides is 1. The van der Waals surface area contributed by atoms with E-state index in [9.17, 15) is 4.79 Å². The van der Waals surface area contributed by atoms with Gasteiger partial charge in [0.25, 0.3) is 0 Å². The van der Waals surface area contributed by atoms with E-state index in [-0.39, 0.29) is 17.2 Å². The van der Waals surface area contributed by atoms with Crippen molar-refractivity contribution in [3.05, 3.63) is 0 Å². The summed E-state index contributed by atoms with van der Waals surface area (Å²) in [4.78, 5) is 11.6. The number of carbonyl (C=O) groups is 1. The number of carbonyl (C=O) groups excluding carboxylic acids is 1. The monoisotopic (exact) mass is 217 g/mol. The van der Waals surface area contributed by atoms with E-state index in [4.69, 9.17) is 11.6 Å². The molecule has 1 rings (SSSR count). The molecule has 1 amide bonds. The maximum absolute atomic E-state index is 11.6. The van der Waals surface area contributed by atoms with Gasteiger partial charge in [0.2, 0.25) is 5.91 Å². The van der Waals surface area contributed by atoms with Crippen molar-refractivity contribution in [3.63, 3.8) is 0 Å². The van der Waals surface area contributed by atoms with Gasteiger partial charge in [-0.2, -0.15) is 0 Å². The lowest BCUT2D eigenvalue weighted by atomic mass is 10.1. The van der Waals surface area contributed by atoms with Crippen LogP contribution in [0.25, 0.3) is 0 Å². The van der Waals surface area contributed by atoms with Crippen LogP contribution in [0.15, 0.2) is 0 Å². The normalized spacial score (nSPS) is 25.6. The van der Waals surface area contributed by atoms with Gasteiger partial charge in [0.05, 0.1) is 0 Å². The molecule has 3 heteroatoms. The first-order valence-corrected chi connectivity index (χ1v) is 5.84. The average molecular weight is 218 g/mol. The largest absolute Gasteiger partial charge is 0.356 e. The minimum atomic E-state index is 0.219. The van der Waals surface area contributed by atoms with Crippen LogP contribution in [0.3, 0.4) is 0 Å². The molecule has 0 aliphatic heterocycles. The molecule has 2 nitrogen and oxygen atoms in total. The molecule has 1 N–H and O–H groups in total. The van der Waals surface area contributed by atoms with Crippen LogP contribution in [-0.2, 0) is 4.79 Å². The van der Waals surface area contributed by atoms with Crippen molar-refractivity contribution in [2.45, 2.75) is 33.6 Å². The standard InChI is InChI=1S/C11H20ClNO/c1-8(4-5-12)7-13-10(14)9-6-11(9,2)3/h8-9H,4-7H2,1-3H3,(H,13,14). The van der Waals surface area contributed by atoms with Gasteiger partial charge < -0.3 is 5.32 Å². The van der Waals surface area contributed by atoms with Crippen molar-refractivity contribution in [3.8, 4) is 0 Å². The van der Waals surface area contributed by atoms with E-state index in [2.05, 4.69) is 26.1 Å². The highest BCUT2D eigenvalue weighted by Crippen LogP contribution is 2.51. The first-order valence-electron chi connectivity index (χ1n) is 5.31. The Labute approximate surface area is 91.4 Å². The highest BCUT2D eigenvalue weighted by atomic mass is 35.5. The van der Waals surface area contributed by atoms with Crippen LogP contribution in [0.4, 0.5) is 0 Å². The minimum Gasteiger partial charge on any atom is -0.356 e. The molecular weight excluding hydrogens is 198 g/mol. The quantitative estimate of drug-likeness (QED) is 0.705. The Morgan fingerprint density at radius 2 is 2.21 bits per heavy atom. The number of alkyl halides is 1. The summed E-state index contributed by atoms with van der Waals surface area (Å²) >= 11 is 5.62. The van der Waals surface area contributed by atoms with Crippen molar-refractivity contribution >= 4 is 17.5 Å². The van der Waals surface area contributed by atoms with Gasteiger partial charge in [0.1, 0.15) is 0 Å². The van der Waals surface area contributed by atoms with Crippen LogP contribution in [0.2, 0.25) is 0 Å². The zero-order chi connectivity index (χ0) is 10.8. The molecule has 0 aromatic rings. The summed E-state index contributed by atoms with van der Waals surface area (Å²) in [5.41, 5.74) is 0.236. The molecule has 1 saturated carbocycles. The zero-order valence-electron chi connectivity index (χ0n) is 9.27. The lowest BCUT2D eigenvalue weighted by molar-refractivity contribution is -0.123. The van der Waals surface area contributed by atoms with Crippen LogP contribution in [-0.4, -0.2) is 18.3 Å². The second kappa shape index (κ2) is 4.52. The van der Waals surface area contributed by atoms with Gasteiger partial charge in [0.15, 0.2) is 0 Å².